The molecular formula is C32H35N3O3. The molecule has 1 atom stereocenters. The second kappa shape index (κ2) is 10.5. The Morgan fingerprint density at radius 1 is 0.921 bits per heavy atom. The highest BCUT2D eigenvalue weighted by Crippen LogP contribution is 2.36. The van der Waals surface area contributed by atoms with Gasteiger partial charge in [-0.25, -0.2) is 0 Å². The lowest BCUT2D eigenvalue weighted by atomic mass is 9.87. The van der Waals surface area contributed by atoms with E-state index in [2.05, 4.69) is 95.1 Å². The van der Waals surface area contributed by atoms with Crippen LogP contribution in [0.15, 0.2) is 72.9 Å². The van der Waals surface area contributed by atoms with Crippen LogP contribution in [-0.2, 0) is 17.9 Å². The number of hydrogen-bond acceptors (Lipinski definition) is 4. The van der Waals surface area contributed by atoms with Crippen molar-refractivity contribution in [2.45, 2.75) is 39.3 Å². The van der Waals surface area contributed by atoms with Gasteiger partial charge < -0.3 is 18.9 Å². The Balaban J connectivity index is 1.18. The number of aryl methyl sites for hydroxylation is 2. The average molecular weight is 510 g/mol. The summed E-state index contributed by atoms with van der Waals surface area (Å²) in [6.45, 7) is 9.57. The fraction of sp³-hybridized carbons (Fsp3) is 0.344. The molecule has 2 aliphatic heterocycles. The van der Waals surface area contributed by atoms with Crippen molar-refractivity contribution in [3.05, 3.63) is 95.2 Å². The maximum absolute atomic E-state index is 13.7. The third kappa shape index (κ3) is 4.88. The average Bonchev–Trinajstić information content (AvgIpc) is 3.56. The van der Waals surface area contributed by atoms with Crippen molar-refractivity contribution in [3.63, 3.8) is 0 Å². The molecule has 1 aromatic heterocycles. The van der Waals surface area contributed by atoms with Crippen LogP contribution in [0.2, 0.25) is 0 Å². The highest BCUT2D eigenvalue weighted by atomic mass is 16.7. The zero-order valence-corrected chi connectivity index (χ0v) is 22.2. The summed E-state index contributed by atoms with van der Waals surface area (Å²) in [6, 6.07) is 23.4. The minimum atomic E-state index is 0.0202. The van der Waals surface area contributed by atoms with Gasteiger partial charge in [-0.2, -0.15) is 0 Å². The number of carbonyl (C=O) groups is 1. The van der Waals surface area contributed by atoms with Gasteiger partial charge in [-0.05, 0) is 48.7 Å². The number of piperazine rings is 1. The first-order valence-corrected chi connectivity index (χ1v) is 13.6. The highest BCUT2D eigenvalue weighted by molar-refractivity contribution is 5.86. The number of fused-ring (bicyclic) bond motifs is 2. The van der Waals surface area contributed by atoms with E-state index in [4.69, 9.17) is 9.47 Å². The summed E-state index contributed by atoms with van der Waals surface area (Å²) >= 11 is 0. The molecule has 1 saturated heterocycles. The van der Waals surface area contributed by atoms with E-state index in [9.17, 15) is 4.79 Å². The summed E-state index contributed by atoms with van der Waals surface area (Å²) in [4.78, 5) is 18.2. The Bertz CT molecular complexity index is 1450. The van der Waals surface area contributed by atoms with Gasteiger partial charge in [-0.1, -0.05) is 54.1 Å². The number of rotatable bonds is 7. The second-order valence-corrected chi connectivity index (χ2v) is 10.4. The Labute approximate surface area is 224 Å². The molecule has 1 amide bonds. The minimum absolute atomic E-state index is 0.0202. The number of aromatic nitrogens is 1. The van der Waals surface area contributed by atoms with Crippen molar-refractivity contribution in [1.82, 2.24) is 14.4 Å². The lowest BCUT2D eigenvalue weighted by Crippen LogP contribution is -2.48. The summed E-state index contributed by atoms with van der Waals surface area (Å²) in [5.41, 5.74) is 6.10. The smallest absolute Gasteiger partial charge is 0.231 e. The first-order valence-electron chi connectivity index (χ1n) is 13.6. The van der Waals surface area contributed by atoms with E-state index in [0.717, 1.165) is 50.8 Å². The van der Waals surface area contributed by atoms with Crippen molar-refractivity contribution in [2.24, 2.45) is 0 Å². The number of nitrogens with zero attached hydrogens (tertiary/aromatic N) is 3. The zero-order chi connectivity index (χ0) is 26.1. The van der Waals surface area contributed by atoms with Crippen molar-refractivity contribution >= 4 is 16.8 Å². The van der Waals surface area contributed by atoms with Crippen molar-refractivity contribution in [3.8, 4) is 11.5 Å². The monoisotopic (exact) mass is 509 g/mol. The highest BCUT2D eigenvalue weighted by Gasteiger charge is 2.27. The quantitative estimate of drug-likeness (QED) is 0.327. The molecule has 0 aliphatic carbocycles. The van der Waals surface area contributed by atoms with E-state index in [0.29, 0.717) is 13.2 Å². The number of benzene rings is 3. The summed E-state index contributed by atoms with van der Waals surface area (Å²) < 4.78 is 13.3. The van der Waals surface area contributed by atoms with E-state index in [1.54, 1.807) is 0 Å². The Kier molecular flexibility index (Phi) is 6.81. The summed E-state index contributed by atoms with van der Waals surface area (Å²) in [5, 5.41) is 1.24. The molecule has 0 spiro atoms. The largest absolute Gasteiger partial charge is 0.454 e. The van der Waals surface area contributed by atoms with Gasteiger partial charge in [0.25, 0.3) is 0 Å². The topological polar surface area (TPSA) is 46.9 Å². The van der Waals surface area contributed by atoms with Crippen LogP contribution in [0.25, 0.3) is 10.9 Å². The minimum Gasteiger partial charge on any atom is -0.454 e. The van der Waals surface area contributed by atoms with Gasteiger partial charge in [0.05, 0.1) is 0 Å². The van der Waals surface area contributed by atoms with E-state index in [-0.39, 0.29) is 11.8 Å². The normalized spacial score (nSPS) is 16.2. The summed E-state index contributed by atoms with van der Waals surface area (Å²) in [6.07, 6.45) is 2.73. The zero-order valence-electron chi connectivity index (χ0n) is 22.2. The van der Waals surface area contributed by atoms with Crippen LogP contribution in [0, 0.1) is 6.92 Å². The van der Waals surface area contributed by atoms with Crippen LogP contribution < -0.4 is 9.47 Å². The van der Waals surface area contributed by atoms with Crippen LogP contribution in [0.4, 0.5) is 0 Å². The molecule has 6 nitrogen and oxygen atoms in total. The third-order valence-electron chi connectivity index (χ3n) is 7.93. The molecule has 0 bridgehead atoms. The van der Waals surface area contributed by atoms with E-state index >= 15 is 0 Å². The van der Waals surface area contributed by atoms with E-state index in [1.165, 1.54) is 33.2 Å². The van der Waals surface area contributed by atoms with Gasteiger partial charge >= 0.3 is 0 Å². The van der Waals surface area contributed by atoms with Gasteiger partial charge in [-0.15, -0.1) is 0 Å². The van der Waals surface area contributed by atoms with E-state index < -0.39 is 0 Å². The third-order valence-corrected chi connectivity index (χ3v) is 7.93. The SMILES string of the molecule is CCn1cc([C@H](CC(=O)N2CCN(Cc3ccc4c(c3)OCO4)CC2)c2cccc(C)c2)c2ccccc21. The van der Waals surface area contributed by atoms with Crippen molar-refractivity contribution < 1.29 is 14.3 Å². The van der Waals surface area contributed by atoms with Crippen molar-refractivity contribution in [1.29, 1.82) is 0 Å². The number of carbonyl (C=O) groups excluding carboxylic acids is 1. The fourth-order valence-electron chi connectivity index (χ4n) is 5.87. The predicted molar refractivity (Wildman–Crippen MR) is 150 cm³/mol. The van der Waals surface area contributed by atoms with Gasteiger partial charge in [-0.3, -0.25) is 9.69 Å². The second-order valence-electron chi connectivity index (χ2n) is 10.4. The molecule has 1 fully saturated rings. The predicted octanol–water partition coefficient (Wildman–Crippen LogP) is 5.56. The number of para-hydroxylation sites is 1. The van der Waals surface area contributed by atoms with Crippen molar-refractivity contribution in [2.75, 3.05) is 33.0 Å². The maximum atomic E-state index is 13.7. The van der Waals surface area contributed by atoms with Crippen LogP contribution in [0.1, 0.15) is 41.5 Å². The lowest BCUT2D eigenvalue weighted by Gasteiger charge is -2.35. The molecule has 3 aromatic carbocycles. The fourth-order valence-corrected chi connectivity index (χ4v) is 5.87. The molecule has 38 heavy (non-hydrogen) atoms. The van der Waals surface area contributed by atoms with Gasteiger partial charge in [0.1, 0.15) is 0 Å². The molecule has 0 saturated carbocycles. The molecule has 6 heteroatoms. The van der Waals surface area contributed by atoms with Gasteiger partial charge in [0.2, 0.25) is 12.7 Å². The number of hydrogen-bond donors (Lipinski definition) is 0. The van der Waals surface area contributed by atoms with Crippen LogP contribution in [0.3, 0.4) is 0 Å². The Hall–Kier alpha value is -3.77. The summed E-state index contributed by atoms with van der Waals surface area (Å²) in [5.74, 6) is 1.89. The van der Waals surface area contributed by atoms with Gasteiger partial charge in [0.15, 0.2) is 11.5 Å². The number of amides is 1. The molecule has 0 radical (unpaired) electrons. The molecule has 196 valence electrons. The maximum Gasteiger partial charge on any atom is 0.231 e. The first kappa shape index (κ1) is 24.6. The van der Waals surface area contributed by atoms with Crippen LogP contribution >= 0.6 is 0 Å². The molecule has 6 rings (SSSR count). The molecule has 0 unspecified atom stereocenters. The molecule has 4 aromatic rings. The molecule has 3 heterocycles. The van der Waals surface area contributed by atoms with Crippen LogP contribution in [-0.4, -0.2) is 53.2 Å². The van der Waals surface area contributed by atoms with Crippen LogP contribution in [0.5, 0.6) is 11.5 Å². The lowest BCUT2D eigenvalue weighted by molar-refractivity contribution is -0.133. The standard InChI is InChI=1S/C32H35N3O3/c1-3-34-21-28(26-9-4-5-10-29(26)34)27(25-8-6-7-23(2)17-25)19-32(36)35-15-13-33(14-16-35)20-24-11-12-30-31(18-24)38-22-37-30/h4-12,17-18,21,27H,3,13-16,19-20,22H2,1-2H3/t27-/m1/s1. The van der Waals surface area contributed by atoms with Gasteiger partial charge in [0, 0.05) is 68.7 Å². The summed E-state index contributed by atoms with van der Waals surface area (Å²) in [7, 11) is 0. The molecular weight excluding hydrogens is 474 g/mol. The first-order chi connectivity index (χ1) is 18.6. The molecule has 2 aliphatic rings. The molecule has 0 N–H and O–H groups in total. The Morgan fingerprint density at radius 3 is 2.55 bits per heavy atom. The number of ether oxygens (including phenoxy) is 2. The van der Waals surface area contributed by atoms with E-state index in [1.807, 2.05) is 6.07 Å². The Morgan fingerprint density at radius 2 is 1.74 bits per heavy atom.